The molecule has 0 aliphatic carbocycles. The van der Waals surface area contributed by atoms with Crippen molar-refractivity contribution in [2.75, 3.05) is 5.32 Å². The van der Waals surface area contributed by atoms with E-state index >= 15 is 0 Å². The summed E-state index contributed by atoms with van der Waals surface area (Å²) in [6, 6.07) is 16.8. The molecule has 21 heavy (non-hydrogen) atoms. The molecule has 0 unspecified atom stereocenters. The second-order valence-corrected chi connectivity index (χ2v) is 4.60. The average molecular weight is 279 g/mol. The van der Waals surface area contributed by atoms with E-state index in [-0.39, 0.29) is 5.89 Å². The van der Waals surface area contributed by atoms with Gasteiger partial charge in [-0.1, -0.05) is 35.9 Å². The maximum Gasteiger partial charge on any atom is 0.313 e. The van der Waals surface area contributed by atoms with Crippen LogP contribution >= 0.6 is 0 Å². The first-order valence-corrected chi connectivity index (χ1v) is 6.49. The monoisotopic (exact) mass is 279 g/mol. The number of nitrogens with one attached hydrogen (secondary N) is 1. The fraction of sp³-hybridized carbons (Fsp3) is 0.0625. The molecule has 0 saturated carbocycles. The van der Waals surface area contributed by atoms with E-state index in [1.807, 2.05) is 49.4 Å². The van der Waals surface area contributed by atoms with Gasteiger partial charge in [0, 0.05) is 11.3 Å². The Morgan fingerprint density at radius 3 is 2.43 bits per heavy atom. The summed E-state index contributed by atoms with van der Waals surface area (Å²) in [6.45, 7) is 2.00. The zero-order chi connectivity index (χ0) is 14.7. The molecule has 0 spiro atoms. The van der Waals surface area contributed by atoms with Crippen LogP contribution in [0, 0.1) is 6.92 Å². The number of aryl methyl sites for hydroxylation is 1. The van der Waals surface area contributed by atoms with Crippen LogP contribution in [0.25, 0.3) is 11.5 Å². The number of nitrogens with zero attached hydrogens (tertiary/aromatic N) is 2. The van der Waals surface area contributed by atoms with Crippen LogP contribution in [0.1, 0.15) is 16.2 Å². The third-order valence-corrected chi connectivity index (χ3v) is 2.95. The number of benzene rings is 2. The Kier molecular flexibility index (Phi) is 3.47. The fourth-order valence-corrected chi connectivity index (χ4v) is 1.83. The minimum atomic E-state index is -0.424. The Morgan fingerprint density at radius 2 is 1.71 bits per heavy atom. The van der Waals surface area contributed by atoms with Crippen molar-refractivity contribution in [3.05, 3.63) is 66.1 Å². The normalized spacial score (nSPS) is 10.3. The van der Waals surface area contributed by atoms with Crippen molar-refractivity contribution in [3.63, 3.8) is 0 Å². The number of anilines is 1. The molecule has 3 aromatic rings. The molecule has 3 rings (SSSR count). The highest BCUT2D eigenvalue weighted by Crippen LogP contribution is 2.18. The third kappa shape index (κ3) is 2.97. The summed E-state index contributed by atoms with van der Waals surface area (Å²) >= 11 is 0. The molecule has 0 aliphatic rings. The van der Waals surface area contributed by atoms with Crippen molar-refractivity contribution >= 4 is 11.6 Å². The van der Waals surface area contributed by atoms with Crippen LogP contribution in [0.3, 0.4) is 0 Å². The lowest BCUT2D eigenvalue weighted by Crippen LogP contribution is -2.12. The molecule has 104 valence electrons. The van der Waals surface area contributed by atoms with Crippen molar-refractivity contribution in [2.45, 2.75) is 6.92 Å². The molecule has 0 radical (unpaired) electrons. The van der Waals surface area contributed by atoms with Gasteiger partial charge in [0.15, 0.2) is 0 Å². The van der Waals surface area contributed by atoms with Gasteiger partial charge < -0.3 is 9.73 Å². The first-order chi connectivity index (χ1) is 10.2. The topological polar surface area (TPSA) is 68.0 Å². The van der Waals surface area contributed by atoms with Crippen molar-refractivity contribution in [1.82, 2.24) is 10.2 Å². The summed E-state index contributed by atoms with van der Waals surface area (Å²) in [4.78, 5) is 12.0. The summed E-state index contributed by atoms with van der Waals surface area (Å²) in [7, 11) is 0. The van der Waals surface area contributed by atoms with Gasteiger partial charge in [-0.15, -0.1) is 10.2 Å². The Balaban J connectivity index is 1.78. The van der Waals surface area contributed by atoms with Gasteiger partial charge in [-0.2, -0.15) is 0 Å². The second-order valence-electron chi connectivity index (χ2n) is 4.60. The SMILES string of the molecule is Cc1ccc(-c2nnc(C(=O)Nc3ccccc3)o2)cc1. The fourth-order valence-electron chi connectivity index (χ4n) is 1.83. The molecule has 5 heteroatoms. The lowest BCUT2D eigenvalue weighted by Gasteiger charge is -2.00. The quantitative estimate of drug-likeness (QED) is 0.798. The van der Waals surface area contributed by atoms with E-state index in [0.717, 1.165) is 11.1 Å². The van der Waals surface area contributed by atoms with Gasteiger partial charge in [0.25, 0.3) is 0 Å². The van der Waals surface area contributed by atoms with Crippen molar-refractivity contribution in [3.8, 4) is 11.5 Å². The van der Waals surface area contributed by atoms with E-state index in [4.69, 9.17) is 4.42 Å². The summed E-state index contributed by atoms with van der Waals surface area (Å²) in [5, 5.41) is 10.4. The summed E-state index contributed by atoms with van der Waals surface area (Å²) in [5.41, 5.74) is 2.60. The summed E-state index contributed by atoms with van der Waals surface area (Å²) in [6.07, 6.45) is 0. The van der Waals surface area contributed by atoms with Crippen LogP contribution in [0.4, 0.5) is 5.69 Å². The molecule has 0 fully saturated rings. The molecule has 5 nitrogen and oxygen atoms in total. The molecular weight excluding hydrogens is 266 g/mol. The number of hydrogen-bond donors (Lipinski definition) is 1. The Morgan fingerprint density at radius 1 is 1.00 bits per heavy atom. The van der Waals surface area contributed by atoms with Crippen molar-refractivity contribution < 1.29 is 9.21 Å². The highest BCUT2D eigenvalue weighted by molar-refractivity contribution is 6.00. The Hall–Kier alpha value is -2.95. The molecule has 1 N–H and O–H groups in total. The van der Waals surface area contributed by atoms with Gasteiger partial charge in [-0.3, -0.25) is 4.79 Å². The van der Waals surface area contributed by atoms with Crippen LogP contribution in [-0.4, -0.2) is 16.1 Å². The minimum absolute atomic E-state index is 0.0607. The van der Waals surface area contributed by atoms with E-state index in [0.29, 0.717) is 11.6 Å². The van der Waals surface area contributed by atoms with Crippen LogP contribution < -0.4 is 5.32 Å². The standard InChI is InChI=1S/C16H13N3O2/c1-11-7-9-12(10-8-11)15-18-19-16(21-15)14(20)17-13-5-3-2-4-6-13/h2-10H,1H3,(H,17,20). The van der Waals surface area contributed by atoms with Crippen LogP contribution in [0.5, 0.6) is 0 Å². The molecule has 1 heterocycles. The molecule has 1 amide bonds. The average Bonchev–Trinajstić information content (AvgIpc) is 2.99. The van der Waals surface area contributed by atoms with E-state index in [9.17, 15) is 4.79 Å². The molecule has 2 aromatic carbocycles. The van der Waals surface area contributed by atoms with E-state index in [2.05, 4.69) is 15.5 Å². The number of hydrogen-bond acceptors (Lipinski definition) is 4. The highest BCUT2D eigenvalue weighted by Gasteiger charge is 2.15. The predicted octanol–water partition coefficient (Wildman–Crippen LogP) is 3.30. The molecule has 1 aromatic heterocycles. The summed E-state index contributed by atoms with van der Waals surface area (Å²) in [5.74, 6) is -0.158. The zero-order valence-corrected chi connectivity index (χ0v) is 11.4. The Bertz CT molecular complexity index is 749. The van der Waals surface area contributed by atoms with E-state index in [1.54, 1.807) is 12.1 Å². The van der Waals surface area contributed by atoms with Gasteiger partial charge in [0.2, 0.25) is 5.89 Å². The number of carbonyl (C=O) groups excluding carboxylic acids is 1. The maximum absolute atomic E-state index is 12.0. The van der Waals surface area contributed by atoms with E-state index < -0.39 is 5.91 Å². The smallest absolute Gasteiger partial charge is 0.313 e. The number of rotatable bonds is 3. The predicted molar refractivity (Wildman–Crippen MR) is 78.9 cm³/mol. The second kappa shape index (κ2) is 5.58. The number of amides is 1. The minimum Gasteiger partial charge on any atom is -0.412 e. The first-order valence-electron chi connectivity index (χ1n) is 6.49. The van der Waals surface area contributed by atoms with Gasteiger partial charge in [-0.25, -0.2) is 0 Å². The number of aromatic nitrogens is 2. The number of para-hydroxylation sites is 1. The zero-order valence-electron chi connectivity index (χ0n) is 11.4. The lowest BCUT2D eigenvalue weighted by molar-refractivity contribution is 0.0991. The molecule has 0 bridgehead atoms. The molecular formula is C16H13N3O2. The Labute approximate surface area is 121 Å². The van der Waals surface area contributed by atoms with Crippen LogP contribution in [0.15, 0.2) is 59.0 Å². The molecule has 0 saturated heterocycles. The van der Waals surface area contributed by atoms with Crippen LogP contribution in [0.2, 0.25) is 0 Å². The van der Waals surface area contributed by atoms with Crippen molar-refractivity contribution in [2.24, 2.45) is 0 Å². The highest BCUT2D eigenvalue weighted by atomic mass is 16.4. The van der Waals surface area contributed by atoms with Gasteiger partial charge in [0.1, 0.15) is 0 Å². The number of carbonyl (C=O) groups is 1. The van der Waals surface area contributed by atoms with E-state index in [1.165, 1.54) is 0 Å². The van der Waals surface area contributed by atoms with Gasteiger partial charge in [-0.05, 0) is 31.2 Å². The van der Waals surface area contributed by atoms with Gasteiger partial charge in [0.05, 0.1) is 0 Å². The third-order valence-electron chi connectivity index (χ3n) is 2.95. The lowest BCUT2D eigenvalue weighted by atomic mass is 10.1. The van der Waals surface area contributed by atoms with Crippen molar-refractivity contribution in [1.29, 1.82) is 0 Å². The summed E-state index contributed by atoms with van der Waals surface area (Å²) < 4.78 is 5.41. The first kappa shape index (κ1) is 13.1. The maximum atomic E-state index is 12.0. The van der Waals surface area contributed by atoms with Gasteiger partial charge >= 0.3 is 11.8 Å². The van der Waals surface area contributed by atoms with Crippen LogP contribution in [-0.2, 0) is 0 Å². The largest absolute Gasteiger partial charge is 0.412 e. The molecule has 0 atom stereocenters. The molecule has 0 aliphatic heterocycles.